The molecule has 3 N–H and O–H groups in total. The number of methoxy groups -OCH3 is 1. The summed E-state index contributed by atoms with van der Waals surface area (Å²) in [6.07, 6.45) is 1.77. The summed E-state index contributed by atoms with van der Waals surface area (Å²) in [5, 5.41) is 16.4. The third-order valence-corrected chi connectivity index (χ3v) is 3.83. The second-order valence-corrected chi connectivity index (χ2v) is 5.75. The summed E-state index contributed by atoms with van der Waals surface area (Å²) in [4.78, 5) is 0. The summed E-state index contributed by atoms with van der Waals surface area (Å²) in [6, 6.07) is 11.7. The molecule has 0 atom stereocenters. The lowest BCUT2D eigenvalue weighted by Crippen LogP contribution is -2.35. The molecule has 2 rings (SSSR count). The van der Waals surface area contributed by atoms with Crippen molar-refractivity contribution < 1.29 is 14.2 Å². The van der Waals surface area contributed by atoms with Crippen molar-refractivity contribution in [1.29, 1.82) is 0 Å². The molecule has 0 spiro atoms. The summed E-state index contributed by atoms with van der Waals surface area (Å²) in [5.74, 6) is 0.336. The Morgan fingerprint density at radius 3 is 2.54 bits per heavy atom. The minimum absolute atomic E-state index is 0.114. The summed E-state index contributed by atoms with van der Waals surface area (Å²) in [7, 11) is 1.51. The van der Waals surface area contributed by atoms with Crippen LogP contribution in [0.25, 0.3) is 0 Å². The van der Waals surface area contributed by atoms with E-state index in [1.165, 1.54) is 19.2 Å². The Balaban J connectivity index is 1.67. The summed E-state index contributed by atoms with van der Waals surface area (Å²) in [6.45, 7) is 1.28. The molecule has 6 heteroatoms. The van der Waals surface area contributed by atoms with Gasteiger partial charge in [0.1, 0.15) is 5.82 Å². The molecule has 4 nitrogen and oxygen atoms in total. The van der Waals surface area contributed by atoms with Gasteiger partial charge in [-0.05, 0) is 60.5 Å². The van der Waals surface area contributed by atoms with Crippen LogP contribution in [0.4, 0.5) is 4.39 Å². The number of aromatic hydroxyl groups is 1. The minimum Gasteiger partial charge on any atom is -0.504 e. The molecular formula is C18H21FN2O2S. The van der Waals surface area contributed by atoms with Crippen molar-refractivity contribution >= 4 is 17.3 Å². The topological polar surface area (TPSA) is 53.5 Å². The summed E-state index contributed by atoms with van der Waals surface area (Å²) in [5.41, 5.74) is 2.06. The van der Waals surface area contributed by atoms with Crippen molar-refractivity contribution in [3.8, 4) is 11.5 Å². The first-order valence-corrected chi connectivity index (χ1v) is 8.11. The molecule has 0 bridgehead atoms. The van der Waals surface area contributed by atoms with Crippen LogP contribution in [-0.4, -0.2) is 23.9 Å². The van der Waals surface area contributed by atoms with Gasteiger partial charge >= 0.3 is 0 Å². The maximum atomic E-state index is 12.8. The van der Waals surface area contributed by atoms with Crippen LogP contribution in [-0.2, 0) is 13.0 Å². The maximum Gasteiger partial charge on any atom is 0.166 e. The predicted octanol–water partition coefficient (Wildman–Crippen LogP) is 3.14. The molecule has 0 amide bonds. The molecule has 0 saturated heterocycles. The fourth-order valence-corrected chi connectivity index (χ4v) is 2.40. The van der Waals surface area contributed by atoms with Crippen molar-refractivity contribution in [1.82, 2.24) is 10.6 Å². The Morgan fingerprint density at radius 1 is 1.12 bits per heavy atom. The number of thiocarbonyl (C=S) groups is 1. The molecule has 0 aromatic heterocycles. The average Bonchev–Trinajstić information content (AvgIpc) is 2.59. The van der Waals surface area contributed by atoms with Gasteiger partial charge < -0.3 is 20.5 Å². The molecule has 2 aromatic carbocycles. The van der Waals surface area contributed by atoms with Gasteiger partial charge in [-0.1, -0.05) is 18.2 Å². The number of benzene rings is 2. The zero-order chi connectivity index (χ0) is 17.4. The average molecular weight is 348 g/mol. The molecular weight excluding hydrogens is 327 g/mol. The monoisotopic (exact) mass is 348 g/mol. The second-order valence-electron chi connectivity index (χ2n) is 5.35. The fraction of sp³-hybridized carbons (Fsp3) is 0.278. The fourth-order valence-electron chi connectivity index (χ4n) is 2.22. The van der Waals surface area contributed by atoms with Crippen molar-refractivity contribution in [3.05, 3.63) is 59.4 Å². The van der Waals surface area contributed by atoms with Gasteiger partial charge in [-0.15, -0.1) is 0 Å². The molecule has 0 aliphatic rings. The highest BCUT2D eigenvalue weighted by atomic mass is 32.1. The van der Waals surface area contributed by atoms with E-state index in [1.54, 1.807) is 24.3 Å². The van der Waals surface area contributed by atoms with E-state index in [-0.39, 0.29) is 11.6 Å². The number of ether oxygens (including phenoxy) is 1. The molecule has 0 radical (unpaired) electrons. The zero-order valence-corrected chi connectivity index (χ0v) is 14.3. The van der Waals surface area contributed by atoms with Crippen molar-refractivity contribution in [2.75, 3.05) is 13.7 Å². The lowest BCUT2D eigenvalue weighted by atomic mass is 10.1. The van der Waals surface area contributed by atoms with Crippen LogP contribution in [0.1, 0.15) is 17.5 Å². The number of rotatable bonds is 7. The highest BCUT2D eigenvalue weighted by molar-refractivity contribution is 7.80. The van der Waals surface area contributed by atoms with Crippen molar-refractivity contribution in [2.45, 2.75) is 19.4 Å². The van der Waals surface area contributed by atoms with Gasteiger partial charge in [-0.2, -0.15) is 0 Å². The first kappa shape index (κ1) is 18.0. The molecule has 0 aliphatic carbocycles. The number of phenolic OH excluding ortho intramolecular Hbond substituents is 1. The van der Waals surface area contributed by atoms with E-state index in [0.29, 0.717) is 17.4 Å². The highest BCUT2D eigenvalue weighted by Gasteiger charge is 2.03. The van der Waals surface area contributed by atoms with Gasteiger partial charge in [-0.3, -0.25) is 0 Å². The van der Waals surface area contributed by atoms with E-state index in [9.17, 15) is 9.50 Å². The molecule has 24 heavy (non-hydrogen) atoms. The molecule has 128 valence electrons. The van der Waals surface area contributed by atoms with E-state index >= 15 is 0 Å². The standard InChI is InChI=1S/C18H21FN2O2S/c1-23-17-11-14(6-9-16(17)22)12-21-18(24)20-10-2-3-13-4-7-15(19)8-5-13/h4-9,11,22H,2-3,10,12H2,1H3,(H2,20,21,24). The predicted molar refractivity (Wildman–Crippen MR) is 96.8 cm³/mol. The first-order chi connectivity index (χ1) is 11.6. The van der Waals surface area contributed by atoms with E-state index in [2.05, 4.69) is 10.6 Å². The van der Waals surface area contributed by atoms with Gasteiger partial charge in [0, 0.05) is 13.1 Å². The van der Waals surface area contributed by atoms with Crippen LogP contribution in [0.2, 0.25) is 0 Å². The third kappa shape index (κ3) is 5.70. The summed E-state index contributed by atoms with van der Waals surface area (Å²) < 4.78 is 17.9. The van der Waals surface area contributed by atoms with E-state index in [1.807, 2.05) is 6.07 Å². The number of halogens is 1. The van der Waals surface area contributed by atoms with Crippen LogP contribution >= 0.6 is 12.2 Å². The molecule has 0 aliphatic heterocycles. The van der Waals surface area contributed by atoms with Crippen molar-refractivity contribution in [3.63, 3.8) is 0 Å². The van der Waals surface area contributed by atoms with Crippen LogP contribution in [0.5, 0.6) is 11.5 Å². The van der Waals surface area contributed by atoms with Gasteiger partial charge in [-0.25, -0.2) is 4.39 Å². The van der Waals surface area contributed by atoms with Gasteiger partial charge in [0.25, 0.3) is 0 Å². The SMILES string of the molecule is COc1cc(CNC(=S)NCCCc2ccc(F)cc2)ccc1O. The third-order valence-electron chi connectivity index (χ3n) is 3.54. The molecule has 0 saturated carbocycles. The lowest BCUT2D eigenvalue weighted by Gasteiger charge is -2.11. The number of nitrogens with one attached hydrogen (secondary N) is 2. The highest BCUT2D eigenvalue weighted by Crippen LogP contribution is 2.26. The Labute approximate surface area is 146 Å². The normalized spacial score (nSPS) is 10.2. The first-order valence-electron chi connectivity index (χ1n) is 7.70. The Kier molecular flexibility index (Phi) is 6.81. The largest absolute Gasteiger partial charge is 0.504 e. The van der Waals surface area contributed by atoms with Crippen LogP contribution in [0.3, 0.4) is 0 Å². The van der Waals surface area contributed by atoms with Gasteiger partial charge in [0.15, 0.2) is 16.6 Å². The Morgan fingerprint density at radius 2 is 1.83 bits per heavy atom. The van der Waals surface area contributed by atoms with Gasteiger partial charge in [0.05, 0.1) is 7.11 Å². The number of aryl methyl sites for hydroxylation is 1. The minimum atomic E-state index is -0.215. The van der Waals surface area contributed by atoms with Crippen LogP contribution in [0.15, 0.2) is 42.5 Å². The van der Waals surface area contributed by atoms with E-state index in [4.69, 9.17) is 17.0 Å². The number of hydrogen-bond donors (Lipinski definition) is 3. The lowest BCUT2D eigenvalue weighted by molar-refractivity contribution is 0.373. The number of hydrogen-bond acceptors (Lipinski definition) is 3. The summed E-state index contributed by atoms with van der Waals surface area (Å²) >= 11 is 5.23. The Hall–Kier alpha value is -2.34. The van der Waals surface area contributed by atoms with Crippen LogP contribution < -0.4 is 15.4 Å². The van der Waals surface area contributed by atoms with E-state index < -0.39 is 0 Å². The second kappa shape index (κ2) is 9.08. The smallest absolute Gasteiger partial charge is 0.166 e. The van der Waals surface area contributed by atoms with Crippen molar-refractivity contribution in [2.24, 2.45) is 0 Å². The molecule has 2 aromatic rings. The van der Waals surface area contributed by atoms with Gasteiger partial charge in [0.2, 0.25) is 0 Å². The van der Waals surface area contributed by atoms with Crippen LogP contribution in [0, 0.1) is 5.82 Å². The maximum absolute atomic E-state index is 12.8. The quantitative estimate of drug-likeness (QED) is 0.530. The Bertz CT molecular complexity index is 677. The molecule has 0 unspecified atom stereocenters. The molecule has 0 fully saturated rings. The number of phenols is 1. The van der Waals surface area contributed by atoms with E-state index in [0.717, 1.165) is 30.5 Å². The zero-order valence-electron chi connectivity index (χ0n) is 13.5. The molecule has 0 heterocycles.